The minimum absolute atomic E-state index is 0.0266. The third-order valence-electron chi connectivity index (χ3n) is 3.21. The molecule has 1 rings (SSSR count). The molecule has 0 aromatic heterocycles. The lowest BCUT2D eigenvalue weighted by atomic mass is 10.2. The molecule has 0 atom stereocenters. The highest BCUT2D eigenvalue weighted by Crippen LogP contribution is 2.17. The minimum atomic E-state index is -3.36. The highest BCUT2D eigenvalue weighted by Gasteiger charge is 2.11. The maximum Gasteiger partial charge on any atom is 0.239 e. The van der Waals surface area contributed by atoms with Crippen molar-refractivity contribution in [2.24, 2.45) is 0 Å². The second-order valence-corrected chi connectivity index (χ2v) is 6.83. The Kier molecular flexibility index (Phi) is 7.34. The highest BCUT2D eigenvalue weighted by molar-refractivity contribution is 7.89. The normalized spacial score (nSPS) is 11.2. The molecule has 0 aliphatic rings. The molecule has 1 aromatic rings. The molecule has 0 saturated carbocycles. The van der Waals surface area contributed by atoms with E-state index in [1.807, 2.05) is 24.3 Å². The summed E-state index contributed by atoms with van der Waals surface area (Å²) in [5, 5.41) is 2.67. The zero-order chi connectivity index (χ0) is 16.6. The van der Waals surface area contributed by atoms with E-state index in [-0.39, 0.29) is 18.2 Å². The van der Waals surface area contributed by atoms with Crippen molar-refractivity contribution in [3.8, 4) is 0 Å². The summed E-state index contributed by atoms with van der Waals surface area (Å²) in [5.41, 5.74) is 1.74. The molecule has 0 bridgehead atoms. The van der Waals surface area contributed by atoms with Crippen molar-refractivity contribution < 1.29 is 13.2 Å². The van der Waals surface area contributed by atoms with Gasteiger partial charge in [0, 0.05) is 24.5 Å². The Bertz CT molecular complexity index is 566. The fraction of sp³-hybridized carbons (Fsp3) is 0.533. The molecule has 0 spiro atoms. The molecule has 1 aromatic carbocycles. The van der Waals surface area contributed by atoms with Crippen LogP contribution in [0.3, 0.4) is 0 Å². The van der Waals surface area contributed by atoms with Crippen molar-refractivity contribution in [3.05, 3.63) is 24.3 Å². The fourth-order valence-corrected chi connectivity index (χ4v) is 3.10. The maximum absolute atomic E-state index is 11.7. The molecule has 0 saturated heterocycles. The Balaban J connectivity index is 2.55. The van der Waals surface area contributed by atoms with E-state index in [1.54, 1.807) is 6.92 Å². The Morgan fingerprint density at radius 3 is 2.18 bits per heavy atom. The van der Waals surface area contributed by atoms with Gasteiger partial charge >= 0.3 is 0 Å². The standard InChI is InChI=1S/C15H25N3O3S/c1-4-11-22(20,21)16-12-15(19)17-13-7-9-14(10-8-13)18(5-2)6-3/h7-10,16H,4-6,11-12H2,1-3H3,(H,17,19). The first-order chi connectivity index (χ1) is 10.4. The fourth-order valence-electron chi connectivity index (χ4n) is 2.07. The van der Waals surface area contributed by atoms with E-state index < -0.39 is 10.0 Å². The number of carbonyl (C=O) groups excluding carboxylic acids is 1. The van der Waals surface area contributed by atoms with Crippen LogP contribution in [-0.4, -0.2) is 39.7 Å². The largest absolute Gasteiger partial charge is 0.372 e. The van der Waals surface area contributed by atoms with Crippen LogP contribution in [0.25, 0.3) is 0 Å². The van der Waals surface area contributed by atoms with Gasteiger partial charge in [0.25, 0.3) is 0 Å². The number of rotatable bonds is 9. The van der Waals surface area contributed by atoms with Crippen LogP contribution in [0, 0.1) is 0 Å². The molecule has 0 unspecified atom stereocenters. The van der Waals surface area contributed by atoms with Gasteiger partial charge in [0.2, 0.25) is 15.9 Å². The van der Waals surface area contributed by atoms with Gasteiger partial charge in [-0.2, -0.15) is 0 Å². The number of carbonyl (C=O) groups is 1. The number of anilines is 2. The van der Waals surface area contributed by atoms with Crippen LogP contribution in [-0.2, 0) is 14.8 Å². The lowest BCUT2D eigenvalue weighted by Crippen LogP contribution is -2.34. The summed E-state index contributed by atoms with van der Waals surface area (Å²) in [5.74, 6) is -0.353. The van der Waals surface area contributed by atoms with Crippen molar-refractivity contribution >= 4 is 27.3 Å². The highest BCUT2D eigenvalue weighted by atomic mass is 32.2. The molecule has 0 fully saturated rings. The average molecular weight is 327 g/mol. The number of sulfonamides is 1. The monoisotopic (exact) mass is 327 g/mol. The van der Waals surface area contributed by atoms with Crippen molar-refractivity contribution in [1.82, 2.24) is 4.72 Å². The maximum atomic E-state index is 11.7. The van der Waals surface area contributed by atoms with E-state index >= 15 is 0 Å². The first kappa shape index (κ1) is 18.4. The lowest BCUT2D eigenvalue weighted by Gasteiger charge is -2.21. The van der Waals surface area contributed by atoms with Gasteiger partial charge in [-0.1, -0.05) is 6.92 Å². The van der Waals surface area contributed by atoms with Crippen molar-refractivity contribution in [1.29, 1.82) is 0 Å². The second-order valence-electron chi connectivity index (χ2n) is 4.91. The third kappa shape index (κ3) is 6.03. The van der Waals surface area contributed by atoms with E-state index in [9.17, 15) is 13.2 Å². The molecular formula is C15H25N3O3S. The van der Waals surface area contributed by atoms with E-state index in [0.717, 1.165) is 18.8 Å². The molecule has 2 N–H and O–H groups in total. The van der Waals surface area contributed by atoms with Gasteiger partial charge in [-0.3, -0.25) is 4.79 Å². The lowest BCUT2D eigenvalue weighted by molar-refractivity contribution is -0.115. The van der Waals surface area contributed by atoms with Gasteiger partial charge < -0.3 is 10.2 Å². The van der Waals surface area contributed by atoms with Gasteiger partial charge in [0.05, 0.1) is 12.3 Å². The van der Waals surface area contributed by atoms with Gasteiger partial charge in [0.1, 0.15) is 0 Å². The van der Waals surface area contributed by atoms with E-state index in [4.69, 9.17) is 0 Å². The smallest absolute Gasteiger partial charge is 0.239 e. The predicted octanol–water partition coefficient (Wildman–Crippen LogP) is 1.80. The number of hydrogen-bond donors (Lipinski definition) is 2. The van der Waals surface area contributed by atoms with E-state index in [2.05, 4.69) is 28.8 Å². The summed E-state index contributed by atoms with van der Waals surface area (Å²) in [4.78, 5) is 13.9. The number of amides is 1. The first-order valence-electron chi connectivity index (χ1n) is 7.54. The van der Waals surface area contributed by atoms with Gasteiger partial charge in [-0.05, 0) is 44.5 Å². The average Bonchev–Trinajstić information content (AvgIpc) is 2.48. The zero-order valence-corrected chi connectivity index (χ0v) is 14.2. The van der Waals surface area contributed by atoms with Crippen LogP contribution in [0.5, 0.6) is 0 Å². The number of nitrogens with zero attached hydrogens (tertiary/aromatic N) is 1. The Morgan fingerprint density at radius 2 is 1.68 bits per heavy atom. The number of nitrogens with one attached hydrogen (secondary N) is 2. The van der Waals surface area contributed by atoms with Gasteiger partial charge in [0.15, 0.2) is 0 Å². The topological polar surface area (TPSA) is 78.5 Å². The molecule has 1 amide bonds. The summed E-state index contributed by atoms with van der Waals surface area (Å²) in [6.07, 6.45) is 0.518. The van der Waals surface area contributed by atoms with E-state index in [1.165, 1.54) is 0 Å². The molecule has 0 aliphatic carbocycles. The summed E-state index contributed by atoms with van der Waals surface area (Å²) >= 11 is 0. The molecule has 7 heteroatoms. The van der Waals surface area contributed by atoms with Gasteiger partial charge in [-0.15, -0.1) is 0 Å². The van der Waals surface area contributed by atoms with Gasteiger partial charge in [-0.25, -0.2) is 13.1 Å². The SMILES string of the molecule is CCCS(=O)(=O)NCC(=O)Nc1ccc(N(CC)CC)cc1. The first-order valence-corrected chi connectivity index (χ1v) is 9.19. The van der Waals surface area contributed by atoms with Crippen molar-refractivity contribution in [2.45, 2.75) is 27.2 Å². The second kappa shape index (κ2) is 8.75. The Morgan fingerprint density at radius 1 is 1.09 bits per heavy atom. The van der Waals surface area contributed by atoms with Crippen LogP contribution < -0.4 is 14.9 Å². The van der Waals surface area contributed by atoms with Crippen LogP contribution in [0.15, 0.2) is 24.3 Å². The molecular weight excluding hydrogens is 302 g/mol. The summed E-state index contributed by atoms with van der Waals surface area (Å²) in [6.45, 7) is 7.53. The van der Waals surface area contributed by atoms with Crippen LogP contribution in [0.2, 0.25) is 0 Å². The molecule has 0 heterocycles. The quantitative estimate of drug-likeness (QED) is 0.725. The van der Waals surface area contributed by atoms with Crippen LogP contribution in [0.1, 0.15) is 27.2 Å². The Hall–Kier alpha value is -1.60. The molecule has 124 valence electrons. The summed E-state index contributed by atoms with van der Waals surface area (Å²) in [7, 11) is -3.36. The molecule has 22 heavy (non-hydrogen) atoms. The summed E-state index contributed by atoms with van der Waals surface area (Å²) in [6, 6.07) is 7.49. The summed E-state index contributed by atoms with van der Waals surface area (Å²) < 4.78 is 25.2. The molecule has 0 aliphatic heterocycles. The Labute approximate surface area is 132 Å². The third-order valence-corrected chi connectivity index (χ3v) is 4.74. The minimum Gasteiger partial charge on any atom is -0.372 e. The number of benzene rings is 1. The van der Waals surface area contributed by atoms with Crippen LogP contribution >= 0.6 is 0 Å². The van der Waals surface area contributed by atoms with Crippen molar-refractivity contribution in [2.75, 3.05) is 35.6 Å². The zero-order valence-electron chi connectivity index (χ0n) is 13.4. The van der Waals surface area contributed by atoms with Crippen LogP contribution in [0.4, 0.5) is 11.4 Å². The van der Waals surface area contributed by atoms with E-state index in [0.29, 0.717) is 12.1 Å². The predicted molar refractivity (Wildman–Crippen MR) is 90.7 cm³/mol. The molecule has 6 nitrogen and oxygen atoms in total. The number of hydrogen-bond acceptors (Lipinski definition) is 4. The van der Waals surface area contributed by atoms with Crippen molar-refractivity contribution in [3.63, 3.8) is 0 Å². The molecule has 0 radical (unpaired) electrons.